The van der Waals surface area contributed by atoms with Crippen LogP contribution in [0.15, 0.2) is 0 Å². The number of ether oxygens (including phenoxy) is 1. The Bertz CT molecular complexity index is 403. The van der Waals surface area contributed by atoms with E-state index in [1.807, 2.05) is 0 Å². The molecule has 8 heteroatoms. The number of rotatable bonds is 2. The monoisotopic (exact) mass is 250 g/mol. The highest BCUT2D eigenvalue weighted by Gasteiger charge is 2.44. The van der Waals surface area contributed by atoms with Gasteiger partial charge in [-0.3, -0.25) is 0 Å². The number of nitrogens with zero attached hydrogens (tertiary/aromatic N) is 3. The van der Waals surface area contributed by atoms with Crippen LogP contribution in [-0.4, -0.2) is 28.1 Å². The van der Waals surface area contributed by atoms with Crippen molar-refractivity contribution in [1.29, 1.82) is 0 Å². The molecule has 0 saturated heterocycles. The summed E-state index contributed by atoms with van der Waals surface area (Å²) in [5, 5.41) is 3.96. The molecule has 0 aromatic carbocycles. The average molecular weight is 250 g/mol. The van der Waals surface area contributed by atoms with Crippen molar-refractivity contribution < 1.29 is 17.9 Å². The van der Waals surface area contributed by atoms with E-state index in [4.69, 9.17) is 10.5 Å². The quantitative estimate of drug-likeness (QED) is 0.850. The summed E-state index contributed by atoms with van der Waals surface area (Å²) in [7, 11) is 1.47. The second-order valence-corrected chi connectivity index (χ2v) is 4.08. The minimum atomic E-state index is -4.25. The Labute approximate surface area is 95.8 Å². The van der Waals surface area contributed by atoms with Crippen molar-refractivity contribution in [3.8, 4) is 0 Å². The predicted molar refractivity (Wildman–Crippen MR) is 51.8 cm³/mol. The highest BCUT2D eigenvalue weighted by Crippen LogP contribution is 2.36. The van der Waals surface area contributed by atoms with E-state index >= 15 is 0 Å². The minimum absolute atomic E-state index is 0.144. The zero-order valence-corrected chi connectivity index (χ0v) is 9.24. The van der Waals surface area contributed by atoms with Crippen LogP contribution in [0.25, 0.3) is 0 Å². The van der Waals surface area contributed by atoms with Crippen LogP contribution in [0, 0.1) is 5.92 Å². The second kappa shape index (κ2) is 4.26. The normalized spacial score (nSPS) is 24.8. The van der Waals surface area contributed by atoms with Crippen LogP contribution in [0.3, 0.4) is 0 Å². The fourth-order valence-electron chi connectivity index (χ4n) is 1.93. The van der Waals surface area contributed by atoms with E-state index in [0.29, 0.717) is 11.6 Å². The molecule has 5 nitrogen and oxygen atoms in total. The molecule has 17 heavy (non-hydrogen) atoms. The molecule has 0 spiro atoms. The Morgan fingerprint density at radius 1 is 1.53 bits per heavy atom. The number of hydrogen-bond acceptors (Lipinski definition) is 4. The minimum Gasteiger partial charge on any atom is -0.377 e. The molecule has 1 aliphatic rings. The smallest absolute Gasteiger partial charge is 0.377 e. The SMILES string of the molecule is COCc1nc2n(n1)CC(C(F)(F)F)CC2N. The van der Waals surface area contributed by atoms with Crippen molar-refractivity contribution >= 4 is 0 Å². The summed E-state index contributed by atoms with van der Waals surface area (Å²) in [6.07, 6.45) is -4.39. The second-order valence-electron chi connectivity index (χ2n) is 4.08. The molecule has 2 atom stereocenters. The van der Waals surface area contributed by atoms with Crippen molar-refractivity contribution in [2.75, 3.05) is 7.11 Å². The zero-order chi connectivity index (χ0) is 12.6. The van der Waals surface area contributed by atoms with Crippen LogP contribution in [0.5, 0.6) is 0 Å². The molecular formula is C9H13F3N4O. The van der Waals surface area contributed by atoms with Gasteiger partial charge in [0.25, 0.3) is 0 Å². The largest absolute Gasteiger partial charge is 0.393 e. The maximum absolute atomic E-state index is 12.6. The Morgan fingerprint density at radius 3 is 2.82 bits per heavy atom. The first kappa shape index (κ1) is 12.3. The Balaban J connectivity index is 2.24. The number of methoxy groups -OCH3 is 1. The van der Waals surface area contributed by atoms with Gasteiger partial charge in [0, 0.05) is 7.11 Å². The van der Waals surface area contributed by atoms with E-state index in [0.717, 1.165) is 0 Å². The molecule has 0 amide bonds. The van der Waals surface area contributed by atoms with Crippen LogP contribution in [-0.2, 0) is 17.9 Å². The van der Waals surface area contributed by atoms with E-state index in [2.05, 4.69) is 10.1 Å². The van der Waals surface area contributed by atoms with Gasteiger partial charge in [-0.25, -0.2) is 9.67 Å². The third kappa shape index (κ3) is 2.42. The molecule has 0 aliphatic carbocycles. The van der Waals surface area contributed by atoms with Gasteiger partial charge in [-0.05, 0) is 6.42 Å². The first-order valence-electron chi connectivity index (χ1n) is 5.16. The van der Waals surface area contributed by atoms with E-state index in [9.17, 15) is 13.2 Å². The van der Waals surface area contributed by atoms with Crippen LogP contribution < -0.4 is 5.73 Å². The Hall–Kier alpha value is -1.15. The van der Waals surface area contributed by atoms with Gasteiger partial charge in [0.05, 0.1) is 18.5 Å². The molecule has 1 aromatic heterocycles. The van der Waals surface area contributed by atoms with Crippen LogP contribution in [0.1, 0.15) is 24.1 Å². The van der Waals surface area contributed by atoms with Crippen molar-refractivity contribution in [3.63, 3.8) is 0 Å². The molecule has 2 unspecified atom stereocenters. The zero-order valence-electron chi connectivity index (χ0n) is 9.24. The predicted octanol–water partition coefficient (Wildman–Crippen LogP) is 1.01. The Kier molecular flexibility index (Phi) is 3.09. The maximum atomic E-state index is 12.6. The summed E-state index contributed by atoms with van der Waals surface area (Å²) in [6, 6.07) is -0.728. The first-order chi connectivity index (χ1) is 7.91. The van der Waals surface area contributed by atoms with Gasteiger partial charge >= 0.3 is 6.18 Å². The van der Waals surface area contributed by atoms with Crippen molar-refractivity contribution in [1.82, 2.24) is 14.8 Å². The van der Waals surface area contributed by atoms with Gasteiger partial charge in [0.15, 0.2) is 5.82 Å². The molecular weight excluding hydrogens is 237 g/mol. The topological polar surface area (TPSA) is 66.0 Å². The molecule has 2 N–H and O–H groups in total. The number of aromatic nitrogens is 3. The lowest BCUT2D eigenvalue weighted by Crippen LogP contribution is -2.37. The van der Waals surface area contributed by atoms with Gasteiger partial charge in [0.1, 0.15) is 12.4 Å². The highest BCUT2D eigenvalue weighted by atomic mass is 19.4. The Morgan fingerprint density at radius 2 is 2.24 bits per heavy atom. The molecule has 1 aromatic rings. The van der Waals surface area contributed by atoms with Gasteiger partial charge in [-0.2, -0.15) is 18.3 Å². The van der Waals surface area contributed by atoms with Crippen LogP contribution in [0.2, 0.25) is 0 Å². The molecule has 1 aliphatic heterocycles. The molecule has 2 rings (SSSR count). The number of alkyl halides is 3. The number of hydrogen-bond donors (Lipinski definition) is 1. The average Bonchev–Trinajstić information content (AvgIpc) is 2.60. The van der Waals surface area contributed by atoms with Crippen molar-refractivity contribution in [3.05, 3.63) is 11.6 Å². The summed E-state index contributed by atoms with van der Waals surface area (Å²) in [6.45, 7) is -0.0490. The summed E-state index contributed by atoms with van der Waals surface area (Å²) < 4.78 is 43.9. The molecule has 2 heterocycles. The van der Waals surface area contributed by atoms with Crippen LogP contribution in [0.4, 0.5) is 13.2 Å². The lowest BCUT2D eigenvalue weighted by molar-refractivity contribution is -0.184. The standard InChI is InChI=1S/C9H13F3N4O/c1-17-4-7-14-8-6(13)2-5(9(10,11)12)3-16(8)15-7/h5-6H,2-4,13H2,1H3. The van der Waals surface area contributed by atoms with Gasteiger partial charge in [0.2, 0.25) is 0 Å². The maximum Gasteiger partial charge on any atom is 0.393 e. The summed E-state index contributed by atoms with van der Waals surface area (Å²) >= 11 is 0. The lowest BCUT2D eigenvalue weighted by atomic mass is 9.96. The molecule has 0 fully saturated rings. The number of nitrogens with two attached hydrogens (primary N) is 1. The van der Waals surface area contributed by atoms with E-state index in [1.54, 1.807) is 0 Å². The van der Waals surface area contributed by atoms with Gasteiger partial charge < -0.3 is 10.5 Å². The lowest BCUT2D eigenvalue weighted by Gasteiger charge is -2.28. The third-order valence-electron chi connectivity index (χ3n) is 2.74. The van der Waals surface area contributed by atoms with Crippen LogP contribution >= 0.6 is 0 Å². The molecule has 0 saturated carbocycles. The molecule has 0 bridgehead atoms. The summed E-state index contributed by atoms with van der Waals surface area (Å²) in [4.78, 5) is 4.07. The fourth-order valence-corrected chi connectivity index (χ4v) is 1.93. The fraction of sp³-hybridized carbons (Fsp3) is 0.778. The van der Waals surface area contributed by atoms with E-state index < -0.39 is 18.1 Å². The number of halogens is 3. The summed E-state index contributed by atoms with van der Waals surface area (Å²) in [5.41, 5.74) is 5.68. The van der Waals surface area contributed by atoms with E-state index in [1.165, 1.54) is 11.8 Å². The van der Waals surface area contributed by atoms with Crippen molar-refractivity contribution in [2.24, 2.45) is 11.7 Å². The highest BCUT2D eigenvalue weighted by molar-refractivity contribution is 5.02. The van der Waals surface area contributed by atoms with Gasteiger partial charge in [-0.15, -0.1) is 0 Å². The van der Waals surface area contributed by atoms with E-state index in [-0.39, 0.29) is 19.6 Å². The van der Waals surface area contributed by atoms with Crippen molar-refractivity contribution in [2.45, 2.75) is 31.8 Å². The summed E-state index contributed by atoms with van der Waals surface area (Å²) in [5.74, 6) is -0.694. The molecule has 96 valence electrons. The third-order valence-corrected chi connectivity index (χ3v) is 2.74. The van der Waals surface area contributed by atoms with Gasteiger partial charge in [-0.1, -0.05) is 0 Å². The molecule has 0 radical (unpaired) electrons. The first-order valence-corrected chi connectivity index (χ1v) is 5.16. The number of fused-ring (bicyclic) bond motifs is 1.